The number of hydrogen-bond donors (Lipinski definition) is 1. The number of carbonyl (C=O) groups is 1. The second-order valence-corrected chi connectivity index (χ2v) is 6.66. The second-order valence-electron chi connectivity index (χ2n) is 6.66. The molecule has 0 saturated heterocycles. The van der Waals surface area contributed by atoms with Gasteiger partial charge in [0.05, 0.1) is 6.10 Å². The van der Waals surface area contributed by atoms with Gasteiger partial charge in [-0.15, -0.1) is 6.58 Å². The zero-order chi connectivity index (χ0) is 17.1. The first-order valence-electron chi connectivity index (χ1n) is 8.91. The van der Waals surface area contributed by atoms with E-state index >= 15 is 0 Å². The summed E-state index contributed by atoms with van der Waals surface area (Å²) in [6.45, 7) is 6.68. The van der Waals surface area contributed by atoms with Crippen molar-refractivity contribution >= 4 is 6.09 Å². The molecule has 1 rings (SSSR count). The van der Waals surface area contributed by atoms with Crippen molar-refractivity contribution in [2.75, 3.05) is 33.8 Å². The van der Waals surface area contributed by atoms with Crippen LogP contribution >= 0.6 is 0 Å². The van der Waals surface area contributed by atoms with Crippen molar-refractivity contribution in [2.45, 2.75) is 63.5 Å². The highest BCUT2D eigenvalue weighted by molar-refractivity contribution is 5.64. The summed E-state index contributed by atoms with van der Waals surface area (Å²) in [6, 6.07) is 0.167. The maximum absolute atomic E-state index is 10.9. The Morgan fingerprint density at radius 2 is 1.83 bits per heavy atom. The number of rotatable bonds is 11. The minimum atomic E-state index is -0.826. The summed E-state index contributed by atoms with van der Waals surface area (Å²) in [5, 5.41) is 9.00. The molecule has 1 saturated carbocycles. The normalized spacial score (nSPS) is 21.3. The molecule has 1 N–H and O–H groups in total. The molecule has 1 amide bonds. The van der Waals surface area contributed by atoms with Crippen LogP contribution in [0.25, 0.3) is 0 Å². The third kappa shape index (κ3) is 8.37. The van der Waals surface area contributed by atoms with Crippen LogP contribution in [0.15, 0.2) is 12.7 Å². The van der Waals surface area contributed by atoms with Gasteiger partial charge in [0.1, 0.15) is 0 Å². The molecular formula is C18H34N2O3. The van der Waals surface area contributed by atoms with Crippen molar-refractivity contribution in [3.05, 3.63) is 12.7 Å². The Morgan fingerprint density at radius 3 is 2.43 bits per heavy atom. The summed E-state index contributed by atoms with van der Waals surface area (Å²) in [5.74, 6) is 0. The molecule has 1 fully saturated rings. The second kappa shape index (κ2) is 11.5. The number of hydrogen-bond acceptors (Lipinski definition) is 3. The molecule has 5 heteroatoms. The van der Waals surface area contributed by atoms with Crippen molar-refractivity contribution in [1.82, 2.24) is 9.80 Å². The van der Waals surface area contributed by atoms with E-state index in [0.29, 0.717) is 6.10 Å². The van der Waals surface area contributed by atoms with Gasteiger partial charge in [0, 0.05) is 26.2 Å². The Balaban J connectivity index is 1.97. The maximum atomic E-state index is 10.9. The molecule has 0 radical (unpaired) electrons. The van der Waals surface area contributed by atoms with Gasteiger partial charge in [0.2, 0.25) is 0 Å². The molecule has 0 atom stereocenters. The molecule has 0 bridgehead atoms. The van der Waals surface area contributed by atoms with Gasteiger partial charge in [-0.05, 0) is 52.1 Å². The lowest BCUT2D eigenvalue weighted by molar-refractivity contribution is 0.00994. The summed E-state index contributed by atoms with van der Waals surface area (Å²) < 4.78 is 5.95. The Hall–Kier alpha value is -1.07. The molecule has 0 aliphatic heterocycles. The number of likely N-dealkylation sites (N-methyl/N-ethyl adjacent to an activating group) is 1. The van der Waals surface area contributed by atoms with E-state index in [9.17, 15) is 4.79 Å². The fraction of sp³-hybridized carbons (Fsp3) is 0.833. The molecule has 0 aromatic carbocycles. The fourth-order valence-electron chi connectivity index (χ4n) is 3.15. The molecule has 0 aromatic rings. The standard InChI is InChI=1S/C18H34N2O3/c1-4-13-19(2)14-7-5-6-8-15-23-17-11-9-16(10-12-17)20(3)18(21)22/h4,16-17H,1,5-15H2,2-3H3,(H,21,22). The Kier molecular flexibility index (Phi) is 9.96. The summed E-state index contributed by atoms with van der Waals surface area (Å²) in [7, 11) is 3.80. The summed E-state index contributed by atoms with van der Waals surface area (Å²) in [4.78, 5) is 14.7. The van der Waals surface area contributed by atoms with Crippen molar-refractivity contribution in [1.29, 1.82) is 0 Å². The van der Waals surface area contributed by atoms with E-state index in [0.717, 1.165) is 51.8 Å². The van der Waals surface area contributed by atoms with Gasteiger partial charge in [0.15, 0.2) is 0 Å². The molecule has 23 heavy (non-hydrogen) atoms. The lowest BCUT2D eigenvalue weighted by Crippen LogP contribution is -2.39. The molecule has 0 spiro atoms. The molecule has 5 nitrogen and oxygen atoms in total. The van der Waals surface area contributed by atoms with Crippen molar-refractivity contribution in [2.24, 2.45) is 0 Å². The van der Waals surface area contributed by atoms with E-state index in [-0.39, 0.29) is 6.04 Å². The molecular weight excluding hydrogens is 292 g/mol. The van der Waals surface area contributed by atoms with E-state index in [1.807, 2.05) is 6.08 Å². The van der Waals surface area contributed by atoms with Crippen LogP contribution in [0, 0.1) is 0 Å². The first kappa shape index (κ1) is 20.0. The minimum absolute atomic E-state index is 0.167. The Labute approximate surface area is 141 Å². The highest BCUT2D eigenvalue weighted by Crippen LogP contribution is 2.24. The Bertz CT molecular complexity index is 341. The average molecular weight is 326 g/mol. The van der Waals surface area contributed by atoms with E-state index in [2.05, 4.69) is 18.5 Å². The Morgan fingerprint density at radius 1 is 1.17 bits per heavy atom. The molecule has 0 aromatic heterocycles. The van der Waals surface area contributed by atoms with Crippen LogP contribution in [0.2, 0.25) is 0 Å². The number of amides is 1. The number of carboxylic acid groups (broad SMARTS) is 1. The molecule has 1 aliphatic carbocycles. The third-order valence-electron chi connectivity index (χ3n) is 4.72. The van der Waals surface area contributed by atoms with E-state index in [1.165, 1.54) is 24.2 Å². The van der Waals surface area contributed by atoms with Gasteiger partial charge in [-0.3, -0.25) is 0 Å². The highest BCUT2D eigenvalue weighted by Gasteiger charge is 2.26. The first-order chi connectivity index (χ1) is 11.0. The van der Waals surface area contributed by atoms with Gasteiger partial charge in [0.25, 0.3) is 0 Å². The SMILES string of the molecule is C=CCN(C)CCCCCCOC1CCC(N(C)C(=O)O)CC1. The van der Waals surface area contributed by atoms with Crippen molar-refractivity contribution in [3.63, 3.8) is 0 Å². The summed E-state index contributed by atoms with van der Waals surface area (Å²) in [6.07, 6.45) is 10.1. The monoisotopic (exact) mass is 326 g/mol. The fourth-order valence-corrected chi connectivity index (χ4v) is 3.15. The molecule has 1 aliphatic rings. The first-order valence-corrected chi connectivity index (χ1v) is 8.91. The largest absolute Gasteiger partial charge is 0.465 e. The highest BCUT2D eigenvalue weighted by atomic mass is 16.5. The quantitative estimate of drug-likeness (QED) is 0.465. The minimum Gasteiger partial charge on any atom is -0.465 e. The lowest BCUT2D eigenvalue weighted by atomic mass is 9.92. The molecule has 0 unspecified atom stereocenters. The van der Waals surface area contributed by atoms with Crippen LogP contribution in [-0.2, 0) is 4.74 Å². The van der Waals surface area contributed by atoms with Crippen LogP contribution in [0.3, 0.4) is 0 Å². The molecule has 0 heterocycles. The maximum Gasteiger partial charge on any atom is 0.407 e. The van der Waals surface area contributed by atoms with Crippen LogP contribution in [-0.4, -0.2) is 66.9 Å². The van der Waals surface area contributed by atoms with E-state index in [1.54, 1.807) is 7.05 Å². The third-order valence-corrected chi connectivity index (χ3v) is 4.72. The van der Waals surface area contributed by atoms with Gasteiger partial charge in [-0.2, -0.15) is 0 Å². The predicted octanol–water partition coefficient (Wildman–Crippen LogP) is 3.60. The van der Waals surface area contributed by atoms with Crippen molar-refractivity contribution < 1.29 is 14.6 Å². The van der Waals surface area contributed by atoms with Gasteiger partial charge in [-0.25, -0.2) is 4.79 Å². The van der Waals surface area contributed by atoms with Crippen LogP contribution in [0.4, 0.5) is 4.79 Å². The van der Waals surface area contributed by atoms with E-state index in [4.69, 9.17) is 9.84 Å². The van der Waals surface area contributed by atoms with Gasteiger partial charge < -0.3 is 19.6 Å². The van der Waals surface area contributed by atoms with Crippen LogP contribution < -0.4 is 0 Å². The smallest absolute Gasteiger partial charge is 0.407 e. The average Bonchev–Trinajstić information content (AvgIpc) is 2.54. The predicted molar refractivity (Wildman–Crippen MR) is 93.9 cm³/mol. The lowest BCUT2D eigenvalue weighted by Gasteiger charge is -2.33. The zero-order valence-electron chi connectivity index (χ0n) is 14.9. The number of unbranched alkanes of at least 4 members (excludes halogenated alkanes) is 3. The van der Waals surface area contributed by atoms with Crippen LogP contribution in [0.5, 0.6) is 0 Å². The van der Waals surface area contributed by atoms with Gasteiger partial charge in [-0.1, -0.05) is 18.9 Å². The topological polar surface area (TPSA) is 53.0 Å². The summed E-state index contributed by atoms with van der Waals surface area (Å²) >= 11 is 0. The van der Waals surface area contributed by atoms with Crippen LogP contribution in [0.1, 0.15) is 51.4 Å². The van der Waals surface area contributed by atoms with Gasteiger partial charge >= 0.3 is 6.09 Å². The van der Waals surface area contributed by atoms with Crippen molar-refractivity contribution in [3.8, 4) is 0 Å². The molecule has 134 valence electrons. The number of nitrogens with zero attached hydrogens (tertiary/aromatic N) is 2. The number of ether oxygens (including phenoxy) is 1. The van der Waals surface area contributed by atoms with E-state index < -0.39 is 6.09 Å². The summed E-state index contributed by atoms with van der Waals surface area (Å²) in [5.41, 5.74) is 0. The zero-order valence-corrected chi connectivity index (χ0v) is 14.9.